The molecule has 1 rings (SSSR count). The molecule has 1 aromatic carbocycles. The summed E-state index contributed by atoms with van der Waals surface area (Å²) in [6.45, 7) is 9.44. The monoisotopic (exact) mass is 200 g/mol. The molecule has 15 heavy (non-hydrogen) atoms. The highest BCUT2D eigenvalue weighted by Gasteiger charge is 2.11. The first-order valence-corrected chi connectivity index (χ1v) is 5.03. The van der Waals surface area contributed by atoms with Crippen LogP contribution in [0, 0.1) is 32.6 Å². The van der Waals surface area contributed by atoms with Gasteiger partial charge in [0.25, 0.3) is 0 Å². The van der Waals surface area contributed by atoms with Gasteiger partial charge < -0.3 is 0 Å². The second kappa shape index (κ2) is 4.31. The zero-order chi connectivity index (χ0) is 11.6. The van der Waals surface area contributed by atoms with E-state index in [1.54, 1.807) is 6.92 Å². The third kappa shape index (κ3) is 2.10. The maximum atomic E-state index is 11.4. The molecule has 0 N–H and O–H groups in total. The number of rotatable bonds is 1. The lowest BCUT2D eigenvalue weighted by Gasteiger charge is -2.11. The number of Topliss-reactive ketones (excluding diaryl/α,β-unsaturated/α-hetero) is 1. The normalized spacial score (nSPS) is 9.40. The summed E-state index contributed by atoms with van der Waals surface area (Å²) in [6, 6.07) is 1.95. The molecule has 0 saturated carbocycles. The smallest absolute Gasteiger partial charge is 0.160 e. The van der Waals surface area contributed by atoms with Crippen LogP contribution in [-0.4, -0.2) is 5.78 Å². The number of aryl methyl sites for hydroxylation is 1. The molecule has 0 unspecified atom stereocenters. The van der Waals surface area contributed by atoms with Crippen molar-refractivity contribution < 1.29 is 4.79 Å². The van der Waals surface area contributed by atoms with Crippen LogP contribution in [0.15, 0.2) is 6.07 Å². The van der Waals surface area contributed by atoms with Crippen molar-refractivity contribution in [3.05, 3.63) is 33.9 Å². The van der Waals surface area contributed by atoms with Crippen LogP contribution in [0.1, 0.15) is 46.5 Å². The quantitative estimate of drug-likeness (QED) is 0.502. The molecule has 0 radical (unpaired) electrons. The highest BCUT2D eigenvalue weighted by atomic mass is 16.1. The lowest BCUT2D eigenvalue weighted by atomic mass is 9.92. The predicted octanol–water partition coefficient (Wildman–Crippen LogP) is 3.19. The molecule has 0 aliphatic rings. The van der Waals surface area contributed by atoms with Gasteiger partial charge in [0.15, 0.2) is 5.78 Å². The van der Waals surface area contributed by atoms with Crippen LogP contribution in [-0.2, 0) is 0 Å². The molecule has 78 valence electrons. The maximum absolute atomic E-state index is 11.4. The summed E-state index contributed by atoms with van der Waals surface area (Å²) in [6.07, 6.45) is 0. The van der Waals surface area contributed by atoms with Crippen molar-refractivity contribution in [2.75, 3.05) is 0 Å². The Bertz CT molecular complexity index is 470. The van der Waals surface area contributed by atoms with Crippen molar-refractivity contribution in [2.45, 2.75) is 34.6 Å². The van der Waals surface area contributed by atoms with E-state index in [-0.39, 0.29) is 5.78 Å². The Labute approximate surface area is 91.5 Å². The second-order valence-electron chi connectivity index (χ2n) is 3.80. The van der Waals surface area contributed by atoms with Crippen LogP contribution in [0.4, 0.5) is 0 Å². The Hall–Kier alpha value is -1.55. The van der Waals surface area contributed by atoms with Gasteiger partial charge in [-0.3, -0.25) is 4.79 Å². The summed E-state index contributed by atoms with van der Waals surface area (Å²) in [5.41, 5.74) is 5.09. The fourth-order valence-corrected chi connectivity index (χ4v) is 1.72. The van der Waals surface area contributed by atoms with Crippen molar-refractivity contribution >= 4 is 5.78 Å². The van der Waals surface area contributed by atoms with Gasteiger partial charge in [-0.25, -0.2) is 0 Å². The van der Waals surface area contributed by atoms with Gasteiger partial charge in [0.2, 0.25) is 0 Å². The van der Waals surface area contributed by atoms with Gasteiger partial charge >= 0.3 is 0 Å². The summed E-state index contributed by atoms with van der Waals surface area (Å²) in [5, 5.41) is 0. The van der Waals surface area contributed by atoms with Crippen molar-refractivity contribution in [2.24, 2.45) is 0 Å². The molecule has 0 heterocycles. The third-order valence-corrected chi connectivity index (χ3v) is 2.74. The lowest BCUT2D eigenvalue weighted by Crippen LogP contribution is -2.02. The second-order valence-corrected chi connectivity index (χ2v) is 3.80. The van der Waals surface area contributed by atoms with Crippen molar-refractivity contribution in [1.82, 2.24) is 0 Å². The summed E-state index contributed by atoms with van der Waals surface area (Å²) in [4.78, 5) is 11.4. The Morgan fingerprint density at radius 2 is 1.80 bits per heavy atom. The molecule has 1 heteroatoms. The molecular weight excluding hydrogens is 184 g/mol. The molecule has 0 bridgehead atoms. The minimum absolute atomic E-state index is 0.106. The first-order chi connectivity index (χ1) is 6.99. The molecule has 0 amide bonds. The largest absolute Gasteiger partial charge is 0.295 e. The number of benzene rings is 1. The zero-order valence-electron chi connectivity index (χ0n) is 9.99. The molecule has 0 aliphatic carbocycles. The minimum Gasteiger partial charge on any atom is -0.295 e. The van der Waals surface area contributed by atoms with E-state index in [1.165, 1.54) is 5.56 Å². The molecular formula is C14H16O. The Balaban J connectivity index is 3.60. The fraction of sp³-hybridized carbons (Fsp3) is 0.357. The molecule has 0 spiro atoms. The van der Waals surface area contributed by atoms with Crippen LogP contribution >= 0.6 is 0 Å². The Morgan fingerprint density at radius 3 is 2.27 bits per heavy atom. The molecule has 0 saturated heterocycles. The van der Waals surface area contributed by atoms with Gasteiger partial charge in [-0.15, -0.1) is 5.92 Å². The first-order valence-electron chi connectivity index (χ1n) is 5.03. The minimum atomic E-state index is 0.106. The Morgan fingerprint density at radius 1 is 1.20 bits per heavy atom. The Kier molecular flexibility index (Phi) is 3.31. The van der Waals surface area contributed by atoms with E-state index in [0.717, 1.165) is 22.3 Å². The summed E-state index contributed by atoms with van der Waals surface area (Å²) in [5.74, 6) is 6.08. The summed E-state index contributed by atoms with van der Waals surface area (Å²) < 4.78 is 0. The maximum Gasteiger partial charge on any atom is 0.160 e. The van der Waals surface area contributed by atoms with E-state index in [9.17, 15) is 4.79 Å². The van der Waals surface area contributed by atoms with Crippen LogP contribution in [0.5, 0.6) is 0 Å². The van der Waals surface area contributed by atoms with Gasteiger partial charge in [-0.1, -0.05) is 5.92 Å². The van der Waals surface area contributed by atoms with Gasteiger partial charge in [-0.2, -0.15) is 0 Å². The lowest BCUT2D eigenvalue weighted by molar-refractivity contribution is 0.101. The molecule has 0 fully saturated rings. The summed E-state index contributed by atoms with van der Waals surface area (Å²) >= 11 is 0. The van der Waals surface area contributed by atoms with Crippen LogP contribution < -0.4 is 0 Å². The highest BCUT2D eigenvalue weighted by Crippen LogP contribution is 2.21. The number of carbonyl (C=O) groups is 1. The van der Waals surface area contributed by atoms with Crippen molar-refractivity contribution in [3.8, 4) is 11.8 Å². The van der Waals surface area contributed by atoms with Gasteiger partial charge in [0.05, 0.1) is 0 Å². The highest BCUT2D eigenvalue weighted by molar-refractivity contribution is 5.96. The topological polar surface area (TPSA) is 17.1 Å². The molecule has 0 atom stereocenters. The standard InChI is InChI=1S/C14H16O/c1-6-7-13-10(3)9(2)8-14(11(13)4)12(5)15/h8H,1-5H3. The third-order valence-electron chi connectivity index (χ3n) is 2.74. The van der Waals surface area contributed by atoms with Crippen molar-refractivity contribution in [1.29, 1.82) is 0 Å². The van der Waals surface area contributed by atoms with E-state index in [1.807, 2.05) is 33.8 Å². The zero-order valence-corrected chi connectivity index (χ0v) is 9.99. The van der Waals surface area contributed by atoms with Crippen LogP contribution in [0.25, 0.3) is 0 Å². The fourth-order valence-electron chi connectivity index (χ4n) is 1.72. The molecule has 1 aromatic rings. The van der Waals surface area contributed by atoms with E-state index < -0.39 is 0 Å². The van der Waals surface area contributed by atoms with Crippen molar-refractivity contribution in [3.63, 3.8) is 0 Å². The van der Waals surface area contributed by atoms with Gasteiger partial charge in [-0.05, 0) is 57.4 Å². The van der Waals surface area contributed by atoms with Gasteiger partial charge in [0, 0.05) is 11.1 Å². The summed E-state index contributed by atoms with van der Waals surface area (Å²) in [7, 11) is 0. The van der Waals surface area contributed by atoms with Gasteiger partial charge in [0.1, 0.15) is 0 Å². The number of carbonyl (C=O) groups excluding carboxylic acids is 1. The van der Waals surface area contributed by atoms with Crippen LogP contribution in [0.2, 0.25) is 0 Å². The first kappa shape index (κ1) is 11.5. The number of hydrogen-bond donors (Lipinski definition) is 0. The number of hydrogen-bond acceptors (Lipinski definition) is 1. The molecule has 0 aromatic heterocycles. The van der Waals surface area contributed by atoms with E-state index >= 15 is 0 Å². The molecule has 1 nitrogen and oxygen atoms in total. The average molecular weight is 200 g/mol. The number of ketones is 1. The molecule has 0 aliphatic heterocycles. The predicted molar refractivity (Wildman–Crippen MR) is 63.2 cm³/mol. The van der Waals surface area contributed by atoms with E-state index in [0.29, 0.717) is 0 Å². The SMILES string of the molecule is CC#Cc1c(C)c(C)cc(C(C)=O)c1C. The van der Waals surface area contributed by atoms with E-state index in [2.05, 4.69) is 11.8 Å². The van der Waals surface area contributed by atoms with Crippen LogP contribution in [0.3, 0.4) is 0 Å². The average Bonchev–Trinajstić information content (AvgIpc) is 2.18. The van der Waals surface area contributed by atoms with E-state index in [4.69, 9.17) is 0 Å².